The molecule has 0 atom stereocenters. The fraction of sp³-hybridized carbons (Fsp3) is 0.250. The standard InChI is InChI=1S/C16H20N2O2S/c1-3-18(12-14-5-4-6-15(17)11-14)21(19,20)16-9-7-13(2)8-10-16/h4-11H,3,12,17H2,1-2H3. The molecule has 0 radical (unpaired) electrons. The minimum Gasteiger partial charge on any atom is -0.399 e. The van der Waals surface area contributed by atoms with Crippen LogP contribution in [0.25, 0.3) is 0 Å². The van der Waals surface area contributed by atoms with Gasteiger partial charge in [0.1, 0.15) is 0 Å². The Balaban J connectivity index is 2.29. The number of nitrogens with two attached hydrogens (primary N) is 1. The molecule has 0 saturated carbocycles. The highest BCUT2D eigenvalue weighted by molar-refractivity contribution is 7.89. The largest absolute Gasteiger partial charge is 0.399 e. The molecule has 2 aromatic carbocycles. The molecule has 0 spiro atoms. The van der Waals surface area contributed by atoms with Crippen LogP contribution in [0.3, 0.4) is 0 Å². The fourth-order valence-electron chi connectivity index (χ4n) is 2.12. The smallest absolute Gasteiger partial charge is 0.243 e. The molecular formula is C16H20N2O2S. The summed E-state index contributed by atoms with van der Waals surface area (Å²) in [7, 11) is -3.49. The lowest BCUT2D eigenvalue weighted by Gasteiger charge is -2.21. The Morgan fingerprint density at radius 2 is 1.76 bits per heavy atom. The Kier molecular flexibility index (Phi) is 4.65. The van der Waals surface area contributed by atoms with Gasteiger partial charge in [0.2, 0.25) is 10.0 Å². The molecule has 0 aromatic heterocycles. The minimum absolute atomic E-state index is 0.317. The van der Waals surface area contributed by atoms with E-state index in [4.69, 9.17) is 5.73 Å². The molecule has 0 saturated heterocycles. The van der Waals surface area contributed by atoms with E-state index in [-0.39, 0.29) is 0 Å². The van der Waals surface area contributed by atoms with Gasteiger partial charge in [-0.2, -0.15) is 4.31 Å². The number of nitrogens with zero attached hydrogens (tertiary/aromatic N) is 1. The Hall–Kier alpha value is -1.85. The molecule has 112 valence electrons. The first-order valence-electron chi connectivity index (χ1n) is 6.84. The fourth-order valence-corrected chi connectivity index (χ4v) is 3.56. The number of benzene rings is 2. The Bertz CT molecular complexity index is 709. The van der Waals surface area contributed by atoms with Crippen LogP contribution in [0.1, 0.15) is 18.1 Å². The molecule has 2 N–H and O–H groups in total. The van der Waals surface area contributed by atoms with Crippen LogP contribution in [0.5, 0.6) is 0 Å². The number of anilines is 1. The summed E-state index contributed by atoms with van der Waals surface area (Å²) in [4.78, 5) is 0.318. The van der Waals surface area contributed by atoms with E-state index in [1.807, 2.05) is 26.0 Å². The number of rotatable bonds is 5. The Morgan fingerprint density at radius 3 is 2.33 bits per heavy atom. The lowest BCUT2D eigenvalue weighted by atomic mass is 10.2. The summed E-state index contributed by atoms with van der Waals surface area (Å²) in [6, 6.07) is 14.2. The quantitative estimate of drug-likeness (QED) is 0.864. The van der Waals surface area contributed by atoms with Crippen molar-refractivity contribution in [1.82, 2.24) is 4.31 Å². The number of nitrogen functional groups attached to an aromatic ring is 1. The topological polar surface area (TPSA) is 63.4 Å². The predicted molar refractivity (Wildman–Crippen MR) is 85.3 cm³/mol. The van der Waals surface area contributed by atoms with E-state index >= 15 is 0 Å². The first-order chi connectivity index (χ1) is 9.93. The van der Waals surface area contributed by atoms with Crippen molar-refractivity contribution in [2.45, 2.75) is 25.3 Å². The van der Waals surface area contributed by atoms with E-state index in [1.54, 1.807) is 36.4 Å². The molecule has 0 unspecified atom stereocenters. The van der Waals surface area contributed by atoms with Gasteiger partial charge in [-0.15, -0.1) is 0 Å². The van der Waals surface area contributed by atoms with Crippen molar-refractivity contribution in [3.8, 4) is 0 Å². The van der Waals surface area contributed by atoms with Crippen LogP contribution >= 0.6 is 0 Å². The molecule has 5 heteroatoms. The second-order valence-electron chi connectivity index (χ2n) is 4.99. The zero-order chi connectivity index (χ0) is 15.5. The zero-order valence-corrected chi connectivity index (χ0v) is 13.1. The van der Waals surface area contributed by atoms with E-state index in [0.717, 1.165) is 11.1 Å². The van der Waals surface area contributed by atoms with Crippen LogP contribution in [0, 0.1) is 6.92 Å². The van der Waals surface area contributed by atoms with E-state index in [2.05, 4.69) is 0 Å². The van der Waals surface area contributed by atoms with Gasteiger partial charge in [-0.25, -0.2) is 8.42 Å². The van der Waals surface area contributed by atoms with Gasteiger partial charge >= 0.3 is 0 Å². The third-order valence-corrected chi connectivity index (χ3v) is 5.26. The molecular weight excluding hydrogens is 284 g/mol. The number of aryl methyl sites for hydroxylation is 1. The van der Waals surface area contributed by atoms with Crippen LogP contribution in [-0.2, 0) is 16.6 Å². The Morgan fingerprint density at radius 1 is 1.10 bits per heavy atom. The van der Waals surface area contributed by atoms with E-state index in [9.17, 15) is 8.42 Å². The average molecular weight is 304 g/mol. The van der Waals surface area contributed by atoms with Crippen molar-refractivity contribution in [2.24, 2.45) is 0 Å². The molecule has 2 aromatic rings. The van der Waals surface area contributed by atoms with Crippen molar-refractivity contribution in [2.75, 3.05) is 12.3 Å². The summed E-state index contributed by atoms with van der Waals surface area (Å²) in [5.74, 6) is 0. The number of hydrogen-bond donors (Lipinski definition) is 1. The molecule has 0 heterocycles. The van der Waals surface area contributed by atoms with E-state index < -0.39 is 10.0 Å². The van der Waals surface area contributed by atoms with Gasteiger partial charge < -0.3 is 5.73 Å². The van der Waals surface area contributed by atoms with Crippen molar-refractivity contribution < 1.29 is 8.42 Å². The minimum atomic E-state index is -3.49. The third-order valence-electron chi connectivity index (χ3n) is 3.32. The third kappa shape index (κ3) is 3.62. The van der Waals surface area contributed by atoms with Crippen LogP contribution in [0.4, 0.5) is 5.69 Å². The maximum Gasteiger partial charge on any atom is 0.243 e. The first-order valence-corrected chi connectivity index (χ1v) is 8.28. The highest BCUT2D eigenvalue weighted by Crippen LogP contribution is 2.19. The molecule has 0 bridgehead atoms. The summed E-state index contributed by atoms with van der Waals surface area (Å²) in [5.41, 5.74) is 8.30. The SMILES string of the molecule is CCN(Cc1cccc(N)c1)S(=O)(=O)c1ccc(C)cc1. The molecule has 0 aliphatic carbocycles. The summed E-state index contributed by atoms with van der Waals surface area (Å²) >= 11 is 0. The number of hydrogen-bond acceptors (Lipinski definition) is 3. The van der Waals surface area contributed by atoms with Crippen molar-refractivity contribution in [3.05, 3.63) is 59.7 Å². The molecule has 0 aliphatic rings. The molecule has 2 rings (SSSR count). The van der Waals surface area contributed by atoms with E-state index in [0.29, 0.717) is 23.7 Å². The summed E-state index contributed by atoms with van der Waals surface area (Å²) < 4.78 is 26.8. The molecule has 0 amide bonds. The number of sulfonamides is 1. The van der Waals surface area contributed by atoms with Gasteiger partial charge in [0.05, 0.1) is 4.90 Å². The monoisotopic (exact) mass is 304 g/mol. The predicted octanol–water partition coefficient (Wildman–Crippen LogP) is 2.79. The second kappa shape index (κ2) is 6.28. The molecule has 21 heavy (non-hydrogen) atoms. The lowest BCUT2D eigenvalue weighted by molar-refractivity contribution is 0.423. The summed E-state index contributed by atoms with van der Waals surface area (Å²) in [5, 5.41) is 0. The van der Waals surface area contributed by atoms with Gasteiger partial charge in [-0.1, -0.05) is 36.8 Å². The zero-order valence-electron chi connectivity index (χ0n) is 12.3. The van der Waals surface area contributed by atoms with Gasteiger partial charge in [-0.3, -0.25) is 0 Å². The molecule has 0 aliphatic heterocycles. The van der Waals surface area contributed by atoms with Crippen molar-refractivity contribution in [1.29, 1.82) is 0 Å². The van der Waals surface area contributed by atoms with Crippen LogP contribution in [0.2, 0.25) is 0 Å². The van der Waals surface area contributed by atoms with Crippen molar-refractivity contribution >= 4 is 15.7 Å². The highest BCUT2D eigenvalue weighted by Gasteiger charge is 2.22. The van der Waals surface area contributed by atoms with E-state index in [1.165, 1.54) is 4.31 Å². The van der Waals surface area contributed by atoms with Crippen molar-refractivity contribution in [3.63, 3.8) is 0 Å². The normalized spacial score (nSPS) is 11.8. The van der Waals surface area contributed by atoms with Gasteiger partial charge in [0.15, 0.2) is 0 Å². The average Bonchev–Trinajstić information content (AvgIpc) is 2.45. The van der Waals surface area contributed by atoms with Gasteiger partial charge in [0.25, 0.3) is 0 Å². The molecule has 0 fully saturated rings. The first kappa shape index (κ1) is 15.5. The second-order valence-corrected chi connectivity index (χ2v) is 6.93. The highest BCUT2D eigenvalue weighted by atomic mass is 32.2. The maximum absolute atomic E-state index is 12.7. The van der Waals surface area contributed by atoms with Gasteiger partial charge in [-0.05, 0) is 36.8 Å². The molecule has 4 nitrogen and oxygen atoms in total. The Labute approximate surface area is 126 Å². The van der Waals surface area contributed by atoms with Gasteiger partial charge in [0, 0.05) is 18.8 Å². The summed E-state index contributed by atoms with van der Waals surface area (Å²) in [6.07, 6.45) is 0. The van der Waals surface area contributed by atoms with Crippen LogP contribution < -0.4 is 5.73 Å². The maximum atomic E-state index is 12.7. The van der Waals surface area contributed by atoms with Crippen LogP contribution in [0.15, 0.2) is 53.4 Å². The van der Waals surface area contributed by atoms with Crippen LogP contribution in [-0.4, -0.2) is 19.3 Å². The lowest BCUT2D eigenvalue weighted by Crippen LogP contribution is -2.30. The summed E-state index contributed by atoms with van der Waals surface area (Å²) in [6.45, 7) is 4.49.